The number of hydrogen-bond donors (Lipinski definition) is 2. The van der Waals surface area contributed by atoms with Gasteiger partial charge in [0.15, 0.2) is 0 Å². The summed E-state index contributed by atoms with van der Waals surface area (Å²) in [5, 5.41) is 14.3. The van der Waals surface area contributed by atoms with E-state index in [1.807, 2.05) is 0 Å². The maximum atomic E-state index is 5.47. The van der Waals surface area contributed by atoms with E-state index in [0.717, 1.165) is 12.5 Å². The predicted octanol–water partition coefficient (Wildman–Crippen LogP) is 1.02. The molecule has 2 atom stereocenters. The highest BCUT2D eigenvalue weighted by atomic mass is 16.5. The Kier molecular flexibility index (Phi) is 4.33. The van der Waals surface area contributed by atoms with E-state index in [9.17, 15) is 0 Å². The fraction of sp³-hybridized carbons (Fsp3) is 0.818. The van der Waals surface area contributed by atoms with Crippen molar-refractivity contribution in [2.75, 3.05) is 25.6 Å². The average molecular weight is 240 g/mol. The molecule has 1 aromatic rings. The Morgan fingerprint density at radius 3 is 3.06 bits per heavy atom. The molecule has 1 heterocycles. The molecule has 2 unspecified atom stereocenters. The molecule has 0 aliphatic heterocycles. The van der Waals surface area contributed by atoms with Gasteiger partial charge >= 0.3 is 6.01 Å². The van der Waals surface area contributed by atoms with E-state index < -0.39 is 0 Å². The van der Waals surface area contributed by atoms with Crippen molar-refractivity contribution in [3.8, 4) is 0 Å². The summed E-state index contributed by atoms with van der Waals surface area (Å²) in [6, 6.07) is 1.06. The number of nitrogens with zero attached hydrogens (tertiary/aromatic N) is 2. The van der Waals surface area contributed by atoms with Gasteiger partial charge < -0.3 is 19.8 Å². The van der Waals surface area contributed by atoms with Crippen molar-refractivity contribution >= 4 is 6.01 Å². The quantitative estimate of drug-likeness (QED) is 0.661. The van der Waals surface area contributed by atoms with E-state index in [4.69, 9.17) is 9.15 Å². The topological polar surface area (TPSA) is 72.2 Å². The van der Waals surface area contributed by atoms with Gasteiger partial charge in [-0.25, -0.2) is 0 Å². The van der Waals surface area contributed by atoms with Gasteiger partial charge in [-0.3, -0.25) is 0 Å². The van der Waals surface area contributed by atoms with Gasteiger partial charge in [0, 0.05) is 19.7 Å². The summed E-state index contributed by atoms with van der Waals surface area (Å²) in [5.74, 6) is 1.38. The molecule has 1 aliphatic carbocycles. The van der Waals surface area contributed by atoms with Gasteiger partial charge in [-0.05, 0) is 12.3 Å². The minimum absolute atomic E-state index is 0.523. The third-order valence-corrected chi connectivity index (χ3v) is 2.98. The third kappa shape index (κ3) is 3.67. The molecule has 1 fully saturated rings. The fourth-order valence-electron chi connectivity index (χ4n) is 1.79. The summed E-state index contributed by atoms with van der Waals surface area (Å²) in [6.45, 7) is 4.24. The molecule has 2 N–H and O–H groups in total. The first kappa shape index (κ1) is 12.3. The lowest BCUT2D eigenvalue weighted by Gasteiger charge is -2.00. The summed E-state index contributed by atoms with van der Waals surface area (Å²) < 4.78 is 10.4. The maximum Gasteiger partial charge on any atom is 0.315 e. The van der Waals surface area contributed by atoms with Crippen LogP contribution in [0.2, 0.25) is 0 Å². The molecule has 17 heavy (non-hydrogen) atoms. The molecule has 1 saturated carbocycles. The van der Waals surface area contributed by atoms with Crippen molar-refractivity contribution in [1.82, 2.24) is 15.5 Å². The van der Waals surface area contributed by atoms with Crippen molar-refractivity contribution < 1.29 is 9.15 Å². The number of anilines is 1. The molecular weight excluding hydrogens is 220 g/mol. The maximum absolute atomic E-state index is 5.47. The number of hydrogen-bond acceptors (Lipinski definition) is 6. The Bertz CT molecular complexity index is 342. The lowest BCUT2D eigenvalue weighted by atomic mass is 10.3. The van der Waals surface area contributed by atoms with Crippen LogP contribution in [0.4, 0.5) is 6.01 Å². The van der Waals surface area contributed by atoms with Gasteiger partial charge in [0.1, 0.15) is 0 Å². The zero-order valence-electron chi connectivity index (χ0n) is 10.4. The number of rotatable bonds is 8. The SMILES string of the molecule is CCC1CC1Nc1nnc(CNCCOC)o1. The largest absolute Gasteiger partial charge is 0.407 e. The van der Waals surface area contributed by atoms with Crippen LogP contribution < -0.4 is 10.6 Å². The molecule has 6 nitrogen and oxygen atoms in total. The molecule has 0 aromatic carbocycles. The van der Waals surface area contributed by atoms with Crippen LogP contribution in [0.25, 0.3) is 0 Å². The standard InChI is InChI=1S/C11H20N4O2/c1-3-8-6-9(8)13-11-15-14-10(17-11)7-12-4-5-16-2/h8-9,12H,3-7H2,1-2H3,(H,13,15). The Morgan fingerprint density at radius 1 is 1.47 bits per heavy atom. The predicted molar refractivity (Wildman–Crippen MR) is 63.7 cm³/mol. The zero-order chi connectivity index (χ0) is 12.1. The molecule has 0 saturated heterocycles. The van der Waals surface area contributed by atoms with Crippen molar-refractivity contribution in [2.45, 2.75) is 32.4 Å². The Morgan fingerprint density at radius 2 is 2.35 bits per heavy atom. The van der Waals surface area contributed by atoms with E-state index in [2.05, 4.69) is 27.8 Å². The van der Waals surface area contributed by atoms with Crippen LogP contribution in [-0.2, 0) is 11.3 Å². The van der Waals surface area contributed by atoms with Crippen LogP contribution in [0.3, 0.4) is 0 Å². The van der Waals surface area contributed by atoms with Gasteiger partial charge in [-0.2, -0.15) is 0 Å². The van der Waals surface area contributed by atoms with Crippen LogP contribution >= 0.6 is 0 Å². The lowest BCUT2D eigenvalue weighted by Crippen LogP contribution is -2.18. The zero-order valence-corrected chi connectivity index (χ0v) is 10.4. The first-order valence-electron chi connectivity index (χ1n) is 6.12. The Hall–Kier alpha value is -1.14. The molecule has 0 spiro atoms. The summed E-state index contributed by atoms with van der Waals surface area (Å²) in [7, 11) is 1.68. The molecule has 0 bridgehead atoms. The molecule has 6 heteroatoms. The fourth-order valence-corrected chi connectivity index (χ4v) is 1.79. The van der Waals surface area contributed by atoms with Crippen LogP contribution in [-0.4, -0.2) is 36.5 Å². The van der Waals surface area contributed by atoms with Gasteiger partial charge in [0.25, 0.3) is 0 Å². The summed E-state index contributed by atoms with van der Waals surface area (Å²) >= 11 is 0. The highest BCUT2D eigenvalue weighted by Gasteiger charge is 2.36. The van der Waals surface area contributed by atoms with Crippen molar-refractivity contribution in [2.24, 2.45) is 5.92 Å². The molecule has 0 amide bonds. The van der Waals surface area contributed by atoms with Gasteiger partial charge in [0.05, 0.1) is 13.2 Å². The highest BCUT2D eigenvalue weighted by molar-refractivity contribution is 5.24. The number of methoxy groups -OCH3 is 1. The smallest absolute Gasteiger partial charge is 0.315 e. The number of nitrogens with one attached hydrogen (secondary N) is 2. The monoisotopic (exact) mass is 240 g/mol. The summed E-state index contributed by atoms with van der Waals surface area (Å²) in [4.78, 5) is 0. The van der Waals surface area contributed by atoms with Crippen LogP contribution in [0.15, 0.2) is 4.42 Å². The van der Waals surface area contributed by atoms with Crippen LogP contribution in [0.1, 0.15) is 25.7 Å². The lowest BCUT2D eigenvalue weighted by molar-refractivity contribution is 0.198. The molecule has 96 valence electrons. The van der Waals surface area contributed by atoms with E-state index in [0.29, 0.717) is 31.1 Å². The molecule has 2 rings (SSSR count). The molecule has 0 radical (unpaired) electrons. The van der Waals surface area contributed by atoms with Crippen LogP contribution in [0, 0.1) is 5.92 Å². The highest BCUT2D eigenvalue weighted by Crippen LogP contribution is 2.35. The first-order valence-corrected chi connectivity index (χ1v) is 6.12. The molecule has 1 aliphatic rings. The van der Waals surface area contributed by atoms with Crippen molar-refractivity contribution in [3.63, 3.8) is 0 Å². The van der Waals surface area contributed by atoms with Crippen LogP contribution in [0.5, 0.6) is 0 Å². The Balaban J connectivity index is 1.69. The number of aromatic nitrogens is 2. The second-order valence-electron chi connectivity index (χ2n) is 4.33. The summed E-state index contributed by atoms with van der Waals surface area (Å²) in [5.41, 5.74) is 0. The molecular formula is C11H20N4O2. The average Bonchev–Trinajstić information content (AvgIpc) is 2.94. The van der Waals surface area contributed by atoms with Gasteiger partial charge in [-0.15, -0.1) is 5.10 Å². The van der Waals surface area contributed by atoms with Crippen molar-refractivity contribution in [3.05, 3.63) is 5.89 Å². The van der Waals surface area contributed by atoms with E-state index in [-0.39, 0.29) is 0 Å². The number of ether oxygens (including phenoxy) is 1. The Labute approximate surface area is 101 Å². The first-order chi connectivity index (χ1) is 8.33. The van der Waals surface area contributed by atoms with Crippen molar-refractivity contribution in [1.29, 1.82) is 0 Å². The second kappa shape index (κ2) is 5.97. The van der Waals surface area contributed by atoms with E-state index in [1.165, 1.54) is 12.8 Å². The van der Waals surface area contributed by atoms with E-state index >= 15 is 0 Å². The van der Waals surface area contributed by atoms with Gasteiger partial charge in [-0.1, -0.05) is 18.4 Å². The normalized spacial score (nSPS) is 22.7. The minimum Gasteiger partial charge on any atom is -0.407 e. The van der Waals surface area contributed by atoms with Gasteiger partial charge in [0.2, 0.25) is 5.89 Å². The second-order valence-corrected chi connectivity index (χ2v) is 4.33. The summed E-state index contributed by atoms with van der Waals surface area (Å²) in [6.07, 6.45) is 2.41. The minimum atomic E-state index is 0.523. The third-order valence-electron chi connectivity index (χ3n) is 2.98. The van der Waals surface area contributed by atoms with E-state index in [1.54, 1.807) is 7.11 Å². The molecule has 1 aromatic heterocycles.